The highest BCUT2D eigenvalue weighted by Gasteiger charge is 2.52. The van der Waals surface area contributed by atoms with E-state index in [9.17, 15) is 15.3 Å². The Morgan fingerprint density at radius 2 is 1.85 bits per heavy atom. The van der Waals surface area contributed by atoms with Gasteiger partial charge in [0.1, 0.15) is 18.3 Å². The SMILES string of the molecule is OC[C@H]1OC(O)[C@@](O)(Br)[C@@H](O)[C@@H]1O. The molecule has 0 aliphatic carbocycles. The Bertz CT molecular complexity index is 186. The van der Waals surface area contributed by atoms with E-state index in [1.54, 1.807) is 0 Å². The van der Waals surface area contributed by atoms with Crippen LogP contribution in [0.4, 0.5) is 0 Å². The summed E-state index contributed by atoms with van der Waals surface area (Å²) in [7, 11) is 0. The standard InChI is InChI=1S/C6H11BrO6/c7-6(12)4(10)3(9)2(1-8)13-5(6)11/h2-5,8-12H,1H2/t2-,3-,4+,5?,6-/m1/s1. The number of hydrogen-bond acceptors (Lipinski definition) is 6. The van der Waals surface area contributed by atoms with Crippen LogP contribution in [-0.2, 0) is 4.74 Å². The topological polar surface area (TPSA) is 110 Å². The molecule has 1 aliphatic rings. The van der Waals surface area contributed by atoms with Gasteiger partial charge in [-0.2, -0.15) is 0 Å². The average molecular weight is 259 g/mol. The summed E-state index contributed by atoms with van der Waals surface area (Å²) in [6.45, 7) is -0.557. The molecule has 5 atom stereocenters. The van der Waals surface area contributed by atoms with Gasteiger partial charge < -0.3 is 30.3 Å². The molecule has 0 aromatic carbocycles. The summed E-state index contributed by atoms with van der Waals surface area (Å²) in [5, 5.41) is 45.7. The number of ether oxygens (including phenoxy) is 1. The van der Waals surface area contributed by atoms with Crippen LogP contribution in [0.3, 0.4) is 0 Å². The minimum absolute atomic E-state index is 0.557. The summed E-state index contributed by atoms with van der Waals surface area (Å²) in [4.78, 5) is 0. The zero-order chi connectivity index (χ0) is 10.2. The van der Waals surface area contributed by atoms with Crippen molar-refractivity contribution < 1.29 is 30.3 Å². The highest BCUT2D eigenvalue weighted by atomic mass is 79.9. The van der Waals surface area contributed by atoms with Gasteiger partial charge in [0.2, 0.25) is 0 Å². The van der Waals surface area contributed by atoms with Crippen molar-refractivity contribution in [2.24, 2.45) is 0 Å². The molecule has 78 valence electrons. The van der Waals surface area contributed by atoms with E-state index in [2.05, 4.69) is 20.7 Å². The summed E-state index contributed by atoms with van der Waals surface area (Å²) in [6.07, 6.45) is -5.91. The molecular weight excluding hydrogens is 248 g/mol. The van der Waals surface area contributed by atoms with Crippen molar-refractivity contribution in [2.75, 3.05) is 6.61 Å². The maximum atomic E-state index is 9.35. The number of aliphatic hydroxyl groups is 5. The van der Waals surface area contributed by atoms with E-state index in [1.165, 1.54) is 0 Å². The van der Waals surface area contributed by atoms with Crippen molar-refractivity contribution in [1.82, 2.24) is 0 Å². The lowest BCUT2D eigenvalue weighted by Gasteiger charge is -2.42. The molecule has 6 nitrogen and oxygen atoms in total. The van der Waals surface area contributed by atoms with Crippen molar-refractivity contribution in [3.8, 4) is 0 Å². The van der Waals surface area contributed by atoms with Gasteiger partial charge in [-0.1, -0.05) is 0 Å². The van der Waals surface area contributed by atoms with Crippen LogP contribution < -0.4 is 0 Å². The van der Waals surface area contributed by atoms with Gasteiger partial charge in [0.05, 0.1) is 6.61 Å². The Morgan fingerprint density at radius 3 is 2.31 bits per heavy atom. The molecule has 0 aromatic rings. The van der Waals surface area contributed by atoms with E-state index >= 15 is 0 Å². The normalized spacial score (nSPS) is 52.2. The molecule has 7 heteroatoms. The third-order valence-corrected chi connectivity index (χ3v) is 2.81. The molecule has 1 fully saturated rings. The average Bonchev–Trinajstić information content (AvgIpc) is 2.09. The molecular formula is C6H11BrO6. The lowest BCUT2D eigenvalue weighted by atomic mass is 9.99. The second-order valence-electron chi connectivity index (χ2n) is 2.87. The zero-order valence-corrected chi connectivity index (χ0v) is 8.12. The minimum atomic E-state index is -2.11. The van der Waals surface area contributed by atoms with Crippen LogP contribution >= 0.6 is 15.9 Å². The van der Waals surface area contributed by atoms with Gasteiger partial charge in [-0.25, -0.2) is 0 Å². The van der Waals surface area contributed by atoms with Crippen molar-refractivity contribution in [3.05, 3.63) is 0 Å². The predicted molar refractivity (Wildman–Crippen MR) is 43.9 cm³/mol. The van der Waals surface area contributed by atoms with Crippen molar-refractivity contribution in [2.45, 2.75) is 29.1 Å². The van der Waals surface area contributed by atoms with Gasteiger partial charge in [-0.3, -0.25) is 0 Å². The fraction of sp³-hybridized carbons (Fsp3) is 1.00. The van der Waals surface area contributed by atoms with Crippen molar-refractivity contribution in [1.29, 1.82) is 0 Å². The largest absolute Gasteiger partial charge is 0.394 e. The minimum Gasteiger partial charge on any atom is -0.394 e. The molecule has 0 radical (unpaired) electrons. The van der Waals surface area contributed by atoms with E-state index in [-0.39, 0.29) is 0 Å². The number of aliphatic hydroxyl groups excluding tert-OH is 4. The maximum absolute atomic E-state index is 9.35. The van der Waals surface area contributed by atoms with Crippen LogP contribution in [0.1, 0.15) is 0 Å². The number of alkyl halides is 1. The van der Waals surface area contributed by atoms with Crippen molar-refractivity contribution in [3.63, 3.8) is 0 Å². The molecule has 5 N–H and O–H groups in total. The summed E-state index contributed by atoms with van der Waals surface area (Å²) in [5.41, 5.74) is 0. The molecule has 0 amide bonds. The highest BCUT2D eigenvalue weighted by Crippen LogP contribution is 2.33. The Labute approximate surface area is 82.5 Å². The van der Waals surface area contributed by atoms with E-state index in [4.69, 9.17) is 10.2 Å². The van der Waals surface area contributed by atoms with Gasteiger partial charge in [-0.15, -0.1) is 0 Å². The van der Waals surface area contributed by atoms with Crippen LogP contribution in [0.15, 0.2) is 0 Å². The van der Waals surface area contributed by atoms with E-state index in [0.717, 1.165) is 0 Å². The fourth-order valence-electron chi connectivity index (χ4n) is 1.08. The monoisotopic (exact) mass is 258 g/mol. The predicted octanol–water partition coefficient (Wildman–Crippen LogP) is -2.50. The summed E-state index contributed by atoms with van der Waals surface area (Å²) >= 11 is 2.61. The molecule has 1 rings (SSSR count). The van der Waals surface area contributed by atoms with Gasteiger partial charge in [0, 0.05) is 0 Å². The Morgan fingerprint density at radius 1 is 1.31 bits per heavy atom. The highest BCUT2D eigenvalue weighted by molar-refractivity contribution is 9.10. The third kappa shape index (κ3) is 1.86. The Kier molecular flexibility index (Phi) is 3.29. The molecule has 1 unspecified atom stereocenters. The molecule has 1 saturated heterocycles. The van der Waals surface area contributed by atoms with Gasteiger partial charge in [0.25, 0.3) is 0 Å². The lowest BCUT2D eigenvalue weighted by Crippen LogP contribution is -2.63. The fourth-order valence-corrected chi connectivity index (χ4v) is 1.46. The van der Waals surface area contributed by atoms with Crippen molar-refractivity contribution >= 4 is 15.9 Å². The molecule has 0 spiro atoms. The van der Waals surface area contributed by atoms with E-state index in [1.807, 2.05) is 0 Å². The van der Waals surface area contributed by atoms with Crippen LogP contribution in [0.5, 0.6) is 0 Å². The van der Waals surface area contributed by atoms with E-state index < -0.39 is 35.7 Å². The molecule has 13 heavy (non-hydrogen) atoms. The molecule has 0 bridgehead atoms. The summed E-state index contributed by atoms with van der Waals surface area (Å²) in [5.74, 6) is 0. The van der Waals surface area contributed by atoms with Gasteiger partial charge in [0.15, 0.2) is 10.8 Å². The molecule has 1 heterocycles. The molecule has 0 aromatic heterocycles. The second kappa shape index (κ2) is 3.77. The first-order valence-electron chi connectivity index (χ1n) is 3.63. The van der Waals surface area contributed by atoms with Gasteiger partial charge in [-0.05, 0) is 15.9 Å². The number of rotatable bonds is 1. The van der Waals surface area contributed by atoms with E-state index in [0.29, 0.717) is 0 Å². The first-order chi connectivity index (χ1) is 5.91. The lowest BCUT2D eigenvalue weighted by molar-refractivity contribution is -0.296. The first kappa shape index (κ1) is 11.3. The third-order valence-electron chi connectivity index (χ3n) is 1.95. The van der Waals surface area contributed by atoms with Crippen LogP contribution in [0, 0.1) is 0 Å². The van der Waals surface area contributed by atoms with Gasteiger partial charge >= 0.3 is 0 Å². The Hall–Kier alpha value is 0.240. The van der Waals surface area contributed by atoms with Crippen LogP contribution in [-0.4, -0.2) is 61.3 Å². The number of hydrogen-bond donors (Lipinski definition) is 5. The molecule has 1 aliphatic heterocycles. The smallest absolute Gasteiger partial charge is 0.199 e. The summed E-state index contributed by atoms with van der Waals surface area (Å²) < 4.78 is 2.52. The number of halogens is 1. The first-order valence-corrected chi connectivity index (χ1v) is 4.42. The van der Waals surface area contributed by atoms with Crippen LogP contribution in [0.2, 0.25) is 0 Å². The zero-order valence-electron chi connectivity index (χ0n) is 6.54. The maximum Gasteiger partial charge on any atom is 0.199 e. The molecule has 0 saturated carbocycles. The van der Waals surface area contributed by atoms with Crippen LogP contribution in [0.25, 0.3) is 0 Å². The Balaban J connectivity index is 2.79. The summed E-state index contributed by atoms with van der Waals surface area (Å²) in [6, 6.07) is 0. The quantitative estimate of drug-likeness (QED) is 0.333. The second-order valence-corrected chi connectivity index (χ2v) is 4.14.